The van der Waals surface area contributed by atoms with Crippen molar-refractivity contribution in [2.45, 2.75) is 52.4 Å². The van der Waals surface area contributed by atoms with Gasteiger partial charge in [0.15, 0.2) is 5.78 Å². The summed E-state index contributed by atoms with van der Waals surface area (Å²) in [7, 11) is 0. The van der Waals surface area contributed by atoms with E-state index in [-0.39, 0.29) is 17.2 Å². The quantitative estimate of drug-likeness (QED) is 0.579. The standard InChI is InChI=1S/C16H24O3/c1-3-19-15(18)10(2)14(17)16-7-11-4-12(8-16)6-13(5-11)9-16/h10-13H,3-9H2,1-2H3/t10-,11?,12?,13?,16?/m1/s1. The summed E-state index contributed by atoms with van der Waals surface area (Å²) in [5.41, 5.74) is -0.180. The van der Waals surface area contributed by atoms with Crippen molar-refractivity contribution >= 4 is 11.8 Å². The van der Waals surface area contributed by atoms with Gasteiger partial charge in [-0.3, -0.25) is 9.59 Å². The second kappa shape index (κ2) is 4.60. The summed E-state index contributed by atoms with van der Waals surface area (Å²) >= 11 is 0. The Hall–Kier alpha value is -0.860. The van der Waals surface area contributed by atoms with Gasteiger partial charge < -0.3 is 4.74 Å². The molecule has 4 fully saturated rings. The number of esters is 1. The highest BCUT2D eigenvalue weighted by Crippen LogP contribution is 2.60. The van der Waals surface area contributed by atoms with Gasteiger partial charge in [-0.1, -0.05) is 0 Å². The maximum Gasteiger partial charge on any atom is 0.316 e. The molecular weight excluding hydrogens is 240 g/mol. The molecule has 3 heteroatoms. The minimum atomic E-state index is -0.573. The van der Waals surface area contributed by atoms with E-state index in [0.29, 0.717) is 6.61 Å². The Kier molecular flexibility index (Phi) is 3.18. The Morgan fingerprint density at radius 1 is 1.11 bits per heavy atom. The zero-order chi connectivity index (χ0) is 13.6. The number of carbonyl (C=O) groups excluding carboxylic acids is 2. The molecule has 4 bridgehead atoms. The molecule has 0 N–H and O–H groups in total. The van der Waals surface area contributed by atoms with Crippen molar-refractivity contribution in [3.05, 3.63) is 0 Å². The molecule has 4 saturated carbocycles. The van der Waals surface area contributed by atoms with Crippen molar-refractivity contribution < 1.29 is 14.3 Å². The zero-order valence-electron chi connectivity index (χ0n) is 12.0. The van der Waals surface area contributed by atoms with Gasteiger partial charge in [0, 0.05) is 5.41 Å². The molecule has 0 aromatic carbocycles. The number of hydrogen-bond donors (Lipinski definition) is 0. The van der Waals surface area contributed by atoms with Crippen LogP contribution in [-0.2, 0) is 14.3 Å². The van der Waals surface area contributed by atoms with Gasteiger partial charge >= 0.3 is 5.97 Å². The van der Waals surface area contributed by atoms with Crippen LogP contribution in [0, 0.1) is 29.1 Å². The maximum atomic E-state index is 12.8. The van der Waals surface area contributed by atoms with Crippen molar-refractivity contribution in [2.75, 3.05) is 6.61 Å². The summed E-state index contributed by atoms with van der Waals surface area (Å²) in [6.07, 6.45) is 7.05. The molecular formula is C16H24O3. The minimum absolute atomic E-state index is 0.171. The highest BCUT2D eigenvalue weighted by Gasteiger charge is 2.55. The maximum absolute atomic E-state index is 12.8. The Balaban J connectivity index is 1.77. The highest BCUT2D eigenvalue weighted by atomic mass is 16.5. The van der Waals surface area contributed by atoms with E-state index in [1.54, 1.807) is 13.8 Å². The third kappa shape index (κ3) is 2.11. The van der Waals surface area contributed by atoms with Gasteiger partial charge in [-0.2, -0.15) is 0 Å². The monoisotopic (exact) mass is 264 g/mol. The largest absolute Gasteiger partial charge is 0.465 e. The molecule has 0 unspecified atom stereocenters. The van der Waals surface area contributed by atoms with Crippen LogP contribution in [0.15, 0.2) is 0 Å². The van der Waals surface area contributed by atoms with Gasteiger partial charge in [-0.25, -0.2) is 0 Å². The summed E-state index contributed by atoms with van der Waals surface area (Å²) in [5, 5.41) is 0. The molecule has 0 radical (unpaired) electrons. The van der Waals surface area contributed by atoms with Crippen LogP contribution < -0.4 is 0 Å². The normalized spacial score (nSPS) is 41.1. The predicted molar refractivity (Wildman–Crippen MR) is 71.4 cm³/mol. The van der Waals surface area contributed by atoms with E-state index in [0.717, 1.165) is 37.0 Å². The average Bonchev–Trinajstić information content (AvgIpc) is 2.35. The van der Waals surface area contributed by atoms with Crippen LogP contribution in [0.4, 0.5) is 0 Å². The Morgan fingerprint density at radius 2 is 1.58 bits per heavy atom. The van der Waals surface area contributed by atoms with Gasteiger partial charge in [0.05, 0.1) is 6.61 Å². The lowest BCUT2D eigenvalue weighted by Crippen LogP contribution is -2.52. The van der Waals surface area contributed by atoms with E-state index in [1.807, 2.05) is 0 Å². The van der Waals surface area contributed by atoms with Crippen molar-refractivity contribution in [3.8, 4) is 0 Å². The lowest BCUT2D eigenvalue weighted by Gasteiger charge is -2.56. The van der Waals surface area contributed by atoms with Gasteiger partial charge in [-0.05, 0) is 70.1 Å². The van der Waals surface area contributed by atoms with Crippen LogP contribution >= 0.6 is 0 Å². The molecule has 4 aliphatic rings. The van der Waals surface area contributed by atoms with Gasteiger partial charge in [0.1, 0.15) is 5.92 Å². The van der Waals surface area contributed by atoms with E-state index in [2.05, 4.69) is 0 Å². The third-order valence-corrected chi connectivity index (χ3v) is 5.59. The Bertz CT molecular complexity index is 364. The lowest BCUT2D eigenvalue weighted by molar-refractivity contribution is -0.160. The summed E-state index contributed by atoms with van der Waals surface area (Å²) in [6, 6.07) is 0. The number of carbonyl (C=O) groups is 2. The summed E-state index contributed by atoms with van der Waals surface area (Å²) < 4.78 is 5.03. The molecule has 19 heavy (non-hydrogen) atoms. The van der Waals surface area contributed by atoms with E-state index in [1.165, 1.54) is 19.3 Å². The fraction of sp³-hybridized carbons (Fsp3) is 0.875. The molecule has 106 valence electrons. The van der Waals surface area contributed by atoms with Crippen molar-refractivity contribution in [1.29, 1.82) is 0 Å². The number of ketones is 1. The van der Waals surface area contributed by atoms with Crippen molar-refractivity contribution in [1.82, 2.24) is 0 Å². The molecule has 4 rings (SSSR count). The summed E-state index contributed by atoms with van der Waals surface area (Å²) in [5.74, 6) is 1.49. The molecule has 0 saturated heterocycles. The highest BCUT2D eigenvalue weighted by molar-refractivity contribution is 6.01. The third-order valence-electron chi connectivity index (χ3n) is 5.59. The van der Waals surface area contributed by atoms with E-state index < -0.39 is 5.92 Å². The van der Waals surface area contributed by atoms with Crippen LogP contribution in [-0.4, -0.2) is 18.4 Å². The first kappa shape index (κ1) is 13.1. The number of hydrogen-bond acceptors (Lipinski definition) is 3. The fourth-order valence-corrected chi connectivity index (χ4v) is 5.25. The van der Waals surface area contributed by atoms with Crippen LogP contribution in [0.3, 0.4) is 0 Å². The van der Waals surface area contributed by atoms with E-state index >= 15 is 0 Å². The minimum Gasteiger partial charge on any atom is -0.465 e. The van der Waals surface area contributed by atoms with Crippen LogP contribution in [0.25, 0.3) is 0 Å². The zero-order valence-corrected chi connectivity index (χ0v) is 12.0. The first-order valence-electron chi connectivity index (χ1n) is 7.75. The van der Waals surface area contributed by atoms with Gasteiger partial charge in [-0.15, -0.1) is 0 Å². The second-order valence-electron chi connectivity index (χ2n) is 7.04. The molecule has 0 aliphatic heterocycles. The molecule has 3 nitrogen and oxygen atoms in total. The predicted octanol–water partition coefficient (Wildman–Crippen LogP) is 2.97. The number of Topliss-reactive ketones (excluding diaryl/α,β-unsaturated/α-hetero) is 1. The Morgan fingerprint density at radius 3 is 2.00 bits per heavy atom. The van der Waals surface area contributed by atoms with Gasteiger partial charge in [0.25, 0.3) is 0 Å². The number of ether oxygens (including phenoxy) is 1. The van der Waals surface area contributed by atoms with Crippen molar-refractivity contribution in [3.63, 3.8) is 0 Å². The average molecular weight is 264 g/mol. The molecule has 0 spiro atoms. The number of rotatable bonds is 4. The molecule has 0 aromatic rings. The van der Waals surface area contributed by atoms with Crippen LogP contribution in [0.1, 0.15) is 52.4 Å². The smallest absolute Gasteiger partial charge is 0.316 e. The second-order valence-corrected chi connectivity index (χ2v) is 7.04. The molecule has 4 aliphatic carbocycles. The molecule has 0 aromatic heterocycles. The first-order valence-corrected chi connectivity index (χ1v) is 7.75. The van der Waals surface area contributed by atoms with Crippen LogP contribution in [0.2, 0.25) is 0 Å². The topological polar surface area (TPSA) is 43.4 Å². The summed E-state index contributed by atoms with van der Waals surface area (Å²) in [6.45, 7) is 3.88. The Labute approximate surface area is 115 Å². The van der Waals surface area contributed by atoms with Crippen LogP contribution in [0.5, 0.6) is 0 Å². The first-order chi connectivity index (χ1) is 9.04. The lowest BCUT2D eigenvalue weighted by atomic mass is 9.48. The SMILES string of the molecule is CCOC(=O)[C@H](C)C(=O)C12CC3CC(CC(C3)C1)C2. The molecule has 0 amide bonds. The molecule has 0 heterocycles. The molecule has 1 atom stereocenters. The van der Waals surface area contributed by atoms with E-state index in [9.17, 15) is 9.59 Å². The van der Waals surface area contributed by atoms with Gasteiger partial charge in [0.2, 0.25) is 0 Å². The fourth-order valence-electron chi connectivity index (χ4n) is 5.25. The summed E-state index contributed by atoms with van der Waals surface area (Å²) in [4.78, 5) is 24.6. The van der Waals surface area contributed by atoms with E-state index in [4.69, 9.17) is 4.74 Å². The van der Waals surface area contributed by atoms with Crippen molar-refractivity contribution in [2.24, 2.45) is 29.1 Å².